The van der Waals surface area contributed by atoms with Gasteiger partial charge in [0.15, 0.2) is 15.0 Å². The molecule has 0 aromatic heterocycles. The molecular formula is C15H18N2O3S2. The predicted molar refractivity (Wildman–Crippen MR) is 88.8 cm³/mol. The average molecular weight is 338 g/mol. The zero-order valence-electron chi connectivity index (χ0n) is 12.3. The van der Waals surface area contributed by atoms with Gasteiger partial charge >= 0.3 is 0 Å². The van der Waals surface area contributed by atoms with Crippen LogP contribution in [0, 0.1) is 0 Å². The molecule has 7 heteroatoms. The van der Waals surface area contributed by atoms with Crippen molar-refractivity contribution in [3.63, 3.8) is 0 Å². The molecule has 1 aromatic rings. The van der Waals surface area contributed by atoms with Crippen LogP contribution in [0.25, 0.3) is 0 Å². The minimum atomic E-state index is -2.95. The molecule has 3 rings (SSSR count). The number of rotatable bonds is 3. The van der Waals surface area contributed by atoms with E-state index in [4.69, 9.17) is 0 Å². The number of aliphatic imine (C=N–C) groups is 1. The fraction of sp³-hybridized carbons (Fsp3) is 0.467. The van der Waals surface area contributed by atoms with Crippen LogP contribution in [-0.4, -0.2) is 53.7 Å². The summed E-state index contributed by atoms with van der Waals surface area (Å²) in [7, 11) is -2.95. The van der Waals surface area contributed by atoms with E-state index in [0.29, 0.717) is 11.7 Å². The van der Waals surface area contributed by atoms with Crippen molar-refractivity contribution in [1.29, 1.82) is 0 Å². The maximum atomic E-state index is 12.1. The predicted octanol–water partition coefficient (Wildman–Crippen LogP) is 1.35. The number of thioether (sulfide) groups is 1. The minimum absolute atomic E-state index is 0.00762. The van der Waals surface area contributed by atoms with E-state index >= 15 is 0 Å². The SMILES string of the molecule is CCN1C(=NC(=O)Cc2ccccc2)S[C@H]2CS(=O)(=O)C[C@@H]21. The van der Waals surface area contributed by atoms with Crippen molar-refractivity contribution >= 4 is 32.7 Å². The molecule has 2 aliphatic heterocycles. The molecule has 2 fully saturated rings. The Hall–Kier alpha value is -1.34. The maximum absolute atomic E-state index is 12.1. The Morgan fingerprint density at radius 1 is 1.32 bits per heavy atom. The van der Waals surface area contributed by atoms with Crippen LogP contribution in [0.4, 0.5) is 0 Å². The fourth-order valence-corrected chi connectivity index (χ4v) is 6.95. The van der Waals surface area contributed by atoms with Crippen molar-refractivity contribution in [2.24, 2.45) is 4.99 Å². The molecule has 1 aromatic carbocycles. The van der Waals surface area contributed by atoms with E-state index in [1.165, 1.54) is 11.8 Å². The first-order chi connectivity index (χ1) is 10.5. The lowest BCUT2D eigenvalue weighted by Crippen LogP contribution is -2.37. The van der Waals surface area contributed by atoms with Crippen molar-refractivity contribution < 1.29 is 13.2 Å². The molecule has 2 aliphatic rings. The third-order valence-electron chi connectivity index (χ3n) is 3.93. The number of sulfone groups is 1. The van der Waals surface area contributed by atoms with Gasteiger partial charge in [-0.3, -0.25) is 4.79 Å². The number of hydrogen-bond acceptors (Lipinski definition) is 4. The Morgan fingerprint density at radius 3 is 2.73 bits per heavy atom. The van der Waals surface area contributed by atoms with Crippen LogP contribution in [-0.2, 0) is 21.1 Å². The molecular weight excluding hydrogens is 320 g/mol. The lowest BCUT2D eigenvalue weighted by molar-refractivity contribution is -0.117. The van der Waals surface area contributed by atoms with E-state index in [2.05, 4.69) is 4.99 Å². The van der Waals surface area contributed by atoms with Gasteiger partial charge in [-0.15, -0.1) is 0 Å². The molecule has 2 heterocycles. The standard InChI is InChI=1S/C15H18N2O3S2/c1-2-17-12-9-22(19,20)10-13(12)21-15(17)16-14(18)8-11-6-4-3-5-7-11/h3-7,12-13H,2,8-10H2,1H3/t12-,13-/m0/s1. The zero-order valence-corrected chi connectivity index (χ0v) is 13.9. The molecule has 0 radical (unpaired) electrons. The summed E-state index contributed by atoms with van der Waals surface area (Å²) < 4.78 is 23.5. The largest absolute Gasteiger partial charge is 0.346 e. The molecule has 2 saturated heterocycles. The quantitative estimate of drug-likeness (QED) is 0.832. The molecule has 5 nitrogen and oxygen atoms in total. The molecule has 1 amide bonds. The van der Waals surface area contributed by atoms with Crippen LogP contribution < -0.4 is 0 Å². The van der Waals surface area contributed by atoms with Crippen LogP contribution >= 0.6 is 11.8 Å². The number of fused-ring (bicyclic) bond motifs is 1. The lowest BCUT2D eigenvalue weighted by Gasteiger charge is -2.22. The van der Waals surface area contributed by atoms with Crippen molar-refractivity contribution in [2.75, 3.05) is 18.1 Å². The molecule has 0 spiro atoms. The summed E-state index contributed by atoms with van der Waals surface area (Å²) in [4.78, 5) is 18.3. The Kier molecular flexibility index (Phi) is 4.27. The van der Waals surface area contributed by atoms with E-state index in [1.54, 1.807) is 0 Å². The number of amidine groups is 1. The van der Waals surface area contributed by atoms with E-state index in [9.17, 15) is 13.2 Å². The van der Waals surface area contributed by atoms with Gasteiger partial charge in [0.1, 0.15) is 0 Å². The fourth-order valence-electron chi connectivity index (χ4n) is 2.92. The van der Waals surface area contributed by atoms with Gasteiger partial charge in [0.2, 0.25) is 0 Å². The van der Waals surface area contributed by atoms with Crippen LogP contribution in [0.15, 0.2) is 35.3 Å². The van der Waals surface area contributed by atoms with E-state index in [0.717, 1.165) is 5.56 Å². The molecule has 0 bridgehead atoms. The number of amides is 1. The minimum Gasteiger partial charge on any atom is -0.346 e. The van der Waals surface area contributed by atoms with Crippen molar-refractivity contribution in [3.05, 3.63) is 35.9 Å². The van der Waals surface area contributed by atoms with Crippen LogP contribution in [0.3, 0.4) is 0 Å². The lowest BCUT2D eigenvalue weighted by atomic mass is 10.1. The Labute approximate surface area is 134 Å². The van der Waals surface area contributed by atoms with E-state index in [1.807, 2.05) is 42.2 Å². The van der Waals surface area contributed by atoms with Gasteiger partial charge in [-0.05, 0) is 12.5 Å². The molecule has 2 atom stereocenters. The summed E-state index contributed by atoms with van der Waals surface area (Å²) in [6.45, 7) is 2.63. The second-order valence-corrected chi connectivity index (χ2v) is 8.90. The molecule has 0 unspecified atom stereocenters. The van der Waals surface area contributed by atoms with E-state index < -0.39 is 9.84 Å². The van der Waals surface area contributed by atoms with Crippen molar-refractivity contribution in [2.45, 2.75) is 24.6 Å². The summed E-state index contributed by atoms with van der Waals surface area (Å²) in [6.07, 6.45) is 0.274. The normalized spacial score (nSPS) is 28.0. The summed E-state index contributed by atoms with van der Waals surface area (Å²) in [5, 5.41) is 0.682. The Morgan fingerprint density at radius 2 is 2.05 bits per heavy atom. The van der Waals surface area contributed by atoms with Gasteiger partial charge in [-0.25, -0.2) is 8.42 Å². The number of nitrogens with zero attached hydrogens (tertiary/aromatic N) is 2. The van der Waals surface area contributed by atoms with E-state index in [-0.39, 0.29) is 35.1 Å². The number of carbonyl (C=O) groups is 1. The summed E-state index contributed by atoms with van der Waals surface area (Å²) in [6, 6.07) is 9.47. The molecule has 0 saturated carbocycles. The number of carbonyl (C=O) groups excluding carboxylic acids is 1. The highest BCUT2D eigenvalue weighted by atomic mass is 32.2. The highest BCUT2D eigenvalue weighted by Crippen LogP contribution is 2.37. The monoisotopic (exact) mass is 338 g/mol. The second kappa shape index (κ2) is 6.04. The molecule has 0 aliphatic carbocycles. The Bertz CT molecular complexity index is 701. The van der Waals surface area contributed by atoms with Gasteiger partial charge in [0.25, 0.3) is 5.91 Å². The smallest absolute Gasteiger partial charge is 0.252 e. The van der Waals surface area contributed by atoms with Crippen molar-refractivity contribution in [1.82, 2.24) is 4.90 Å². The van der Waals surface area contributed by atoms with Crippen LogP contribution in [0.2, 0.25) is 0 Å². The molecule has 0 N–H and O–H groups in total. The van der Waals surface area contributed by atoms with Crippen molar-refractivity contribution in [3.8, 4) is 0 Å². The topological polar surface area (TPSA) is 66.8 Å². The highest BCUT2D eigenvalue weighted by Gasteiger charge is 2.48. The summed E-state index contributed by atoms with van der Waals surface area (Å²) in [5.41, 5.74) is 0.936. The van der Waals surface area contributed by atoms with Crippen LogP contribution in [0.1, 0.15) is 12.5 Å². The summed E-state index contributed by atoms with van der Waals surface area (Å²) in [5.74, 6) is 0.171. The van der Waals surface area contributed by atoms with Gasteiger partial charge in [-0.2, -0.15) is 4.99 Å². The van der Waals surface area contributed by atoms with Gasteiger partial charge in [-0.1, -0.05) is 42.1 Å². The number of hydrogen-bond donors (Lipinski definition) is 0. The first kappa shape index (κ1) is 15.6. The third-order valence-corrected chi connectivity index (χ3v) is 7.18. The third kappa shape index (κ3) is 3.20. The molecule has 118 valence electrons. The maximum Gasteiger partial charge on any atom is 0.252 e. The zero-order chi connectivity index (χ0) is 15.7. The first-order valence-corrected chi connectivity index (χ1v) is 9.98. The van der Waals surface area contributed by atoms with Gasteiger partial charge < -0.3 is 4.90 Å². The highest BCUT2D eigenvalue weighted by molar-refractivity contribution is 8.15. The van der Waals surface area contributed by atoms with Gasteiger partial charge in [0.05, 0.1) is 24.0 Å². The molecule has 22 heavy (non-hydrogen) atoms. The summed E-state index contributed by atoms with van der Waals surface area (Å²) >= 11 is 1.43. The number of benzene rings is 1. The first-order valence-electron chi connectivity index (χ1n) is 7.27. The Balaban J connectivity index is 1.73. The van der Waals surface area contributed by atoms with Crippen LogP contribution in [0.5, 0.6) is 0 Å². The second-order valence-electron chi connectivity index (χ2n) is 5.54. The van der Waals surface area contributed by atoms with Gasteiger partial charge in [0, 0.05) is 11.8 Å². The average Bonchev–Trinajstić information content (AvgIpc) is 2.90.